The summed E-state index contributed by atoms with van der Waals surface area (Å²) in [5.74, 6) is 0.595. The summed E-state index contributed by atoms with van der Waals surface area (Å²) in [7, 11) is 0. The summed E-state index contributed by atoms with van der Waals surface area (Å²) in [5, 5.41) is 10.4. The van der Waals surface area contributed by atoms with Crippen molar-refractivity contribution >= 4 is 0 Å². The maximum absolute atomic E-state index is 10.4. The largest absolute Gasteiger partial charge is 0.387 e. The smallest absolute Gasteiger partial charge is 0.0951 e. The van der Waals surface area contributed by atoms with Crippen molar-refractivity contribution in [3.63, 3.8) is 0 Å². The third-order valence-corrected chi connectivity index (χ3v) is 5.34. The minimum Gasteiger partial charge on any atom is -0.387 e. The van der Waals surface area contributed by atoms with E-state index in [1.165, 1.54) is 12.8 Å². The van der Waals surface area contributed by atoms with Crippen molar-refractivity contribution in [1.29, 1.82) is 0 Å². The molecule has 4 heteroatoms. The van der Waals surface area contributed by atoms with Gasteiger partial charge in [0.05, 0.1) is 17.8 Å². The van der Waals surface area contributed by atoms with Crippen LogP contribution in [0.1, 0.15) is 32.1 Å². The van der Waals surface area contributed by atoms with Crippen LogP contribution in [0.15, 0.2) is 0 Å². The molecule has 4 fully saturated rings. The number of ether oxygens (including phenoxy) is 2. The lowest BCUT2D eigenvalue weighted by Crippen LogP contribution is -2.67. The Morgan fingerprint density at radius 1 is 1.11 bits per heavy atom. The van der Waals surface area contributed by atoms with Crippen LogP contribution >= 0.6 is 0 Å². The number of hydrogen-bond donors (Lipinski definition) is 1. The van der Waals surface area contributed by atoms with Crippen molar-refractivity contribution in [1.82, 2.24) is 4.90 Å². The minimum absolute atomic E-state index is 0.00377. The molecule has 0 aromatic heterocycles. The Labute approximate surface area is 108 Å². The second-order valence-corrected chi connectivity index (χ2v) is 6.76. The maximum atomic E-state index is 10.4. The maximum Gasteiger partial charge on any atom is 0.0951 e. The third-order valence-electron chi connectivity index (χ3n) is 5.34. The highest BCUT2D eigenvalue weighted by Crippen LogP contribution is 2.46. The standard InChI is InChI=1S/C14H23NO3/c16-14(11-1-2-11)8-15(9-14)12-3-5-18-13(7-12)4-6-17-10-13/h11-12,16H,1-10H2. The molecule has 3 saturated heterocycles. The molecule has 0 amide bonds. The van der Waals surface area contributed by atoms with E-state index in [-0.39, 0.29) is 11.2 Å². The molecule has 0 aromatic rings. The fourth-order valence-corrected chi connectivity index (χ4v) is 3.97. The molecule has 102 valence electrons. The van der Waals surface area contributed by atoms with Gasteiger partial charge >= 0.3 is 0 Å². The van der Waals surface area contributed by atoms with Gasteiger partial charge in [0.1, 0.15) is 0 Å². The van der Waals surface area contributed by atoms with Crippen LogP contribution in [0.2, 0.25) is 0 Å². The summed E-state index contributed by atoms with van der Waals surface area (Å²) in [6, 6.07) is 0.597. The first-order valence-corrected chi connectivity index (χ1v) is 7.37. The molecule has 4 nitrogen and oxygen atoms in total. The second-order valence-electron chi connectivity index (χ2n) is 6.76. The number of aliphatic hydroxyl groups is 1. The predicted octanol–water partition coefficient (Wildman–Crippen LogP) is 0.781. The highest BCUT2D eigenvalue weighted by Gasteiger charge is 2.54. The number of hydrogen-bond acceptors (Lipinski definition) is 4. The minimum atomic E-state index is -0.350. The van der Waals surface area contributed by atoms with E-state index in [2.05, 4.69) is 4.90 Å². The zero-order valence-corrected chi connectivity index (χ0v) is 10.9. The molecule has 2 atom stereocenters. The Hall–Kier alpha value is -0.160. The van der Waals surface area contributed by atoms with E-state index in [0.29, 0.717) is 12.0 Å². The van der Waals surface area contributed by atoms with E-state index in [1.807, 2.05) is 0 Å². The van der Waals surface area contributed by atoms with Crippen LogP contribution in [-0.4, -0.2) is 60.2 Å². The number of likely N-dealkylation sites (tertiary alicyclic amines) is 1. The lowest BCUT2D eigenvalue weighted by molar-refractivity contribution is -0.166. The summed E-state index contributed by atoms with van der Waals surface area (Å²) in [4.78, 5) is 2.47. The molecule has 1 aliphatic carbocycles. The van der Waals surface area contributed by atoms with Crippen LogP contribution in [0.5, 0.6) is 0 Å². The van der Waals surface area contributed by atoms with Crippen LogP contribution < -0.4 is 0 Å². The monoisotopic (exact) mass is 253 g/mol. The van der Waals surface area contributed by atoms with Crippen LogP contribution in [0.25, 0.3) is 0 Å². The van der Waals surface area contributed by atoms with Crippen LogP contribution in [0.4, 0.5) is 0 Å². The molecule has 3 heterocycles. The van der Waals surface area contributed by atoms with E-state index >= 15 is 0 Å². The van der Waals surface area contributed by atoms with E-state index < -0.39 is 0 Å². The lowest BCUT2D eigenvalue weighted by atomic mass is 9.82. The first-order chi connectivity index (χ1) is 8.69. The zero-order chi connectivity index (χ0) is 12.2. The Bertz CT molecular complexity index is 330. The average molecular weight is 253 g/mol. The van der Waals surface area contributed by atoms with Gasteiger partial charge in [-0.1, -0.05) is 0 Å². The van der Waals surface area contributed by atoms with Gasteiger partial charge in [0.15, 0.2) is 0 Å². The molecule has 1 spiro atoms. The van der Waals surface area contributed by atoms with E-state index in [4.69, 9.17) is 9.47 Å². The van der Waals surface area contributed by atoms with Gasteiger partial charge in [0.25, 0.3) is 0 Å². The number of β-amino-alcohol motifs (C(OH)–C–C–N with tert-alkyl or cyclic N) is 1. The van der Waals surface area contributed by atoms with Gasteiger partial charge in [-0.3, -0.25) is 4.90 Å². The van der Waals surface area contributed by atoms with Crippen molar-refractivity contribution in [2.24, 2.45) is 5.92 Å². The summed E-state index contributed by atoms with van der Waals surface area (Å²) >= 11 is 0. The molecular weight excluding hydrogens is 230 g/mol. The zero-order valence-electron chi connectivity index (χ0n) is 10.9. The first-order valence-electron chi connectivity index (χ1n) is 7.37. The van der Waals surface area contributed by atoms with Gasteiger partial charge in [0.2, 0.25) is 0 Å². The third kappa shape index (κ3) is 1.82. The molecule has 4 rings (SSSR count). The quantitative estimate of drug-likeness (QED) is 0.790. The van der Waals surface area contributed by atoms with Gasteiger partial charge in [-0.25, -0.2) is 0 Å². The lowest BCUT2D eigenvalue weighted by Gasteiger charge is -2.53. The van der Waals surface area contributed by atoms with Crippen LogP contribution in [0.3, 0.4) is 0 Å². The summed E-state index contributed by atoms with van der Waals surface area (Å²) in [6.07, 6.45) is 5.71. The molecule has 1 N–H and O–H groups in total. The molecule has 3 aliphatic heterocycles. The molecule has 0 aromatic carbocycles. The Morgan fingerprint density at radius 3 is 2.61 bits per heavy atom. The van der Waals surface area contributed by atoms with Gasteiger partial charge < -0.3 is 14.6 Å². The SMILES string of the molecule is OC1(C2CC2)CN(C2CCOC3(CCOC3)C2)C1. The van der Waals surface area contributed by atoms with Crippen LogP contribution in [0, 0.1) is 5.92 Å². The summed E-state index contributed by atoms with van der Waals surface area (Å²) in [6.45, 7) is 4.24. The van der Waals surface area contributed by atoms with Gasteiger partial charge in [-0.05, 0) is 31.6 Å². The molecule has 0 radical (unpaired) electrons. The Kier molecular flexibility index (Phi) is 2.54. The van der Waals surface area contributed by atoms with Crippen LogP contribution in [-0.2, 0) is 9.47 Å². The van der Waals surface area contributed by atoms with E-state index in [9.17, 15) is 5.11 Å². The van der Waals surface area contributed by atoms with E-state index in [0.717, 1.165) is 52.2 Å². The summed E-state index contributed by atoms with van der Waals surface area (Å²) < 4.78 is 11.5. The van der Waals surface area contributed by atoms with Crippen molar-refractivity contribution in [2.45, 2.75) is 49.3 Å². The highest BCUT2D eigenvalue weighted by atomic mass is 16.6. The van der Waals surface area contributed by atoms with E-state index in [1.54, 1.807) is 0 Å². The summed E-state index contributed by atoms with van der Waals surface area (Å²) in [5.41, 5.74) is -0.353. The van der Waals surface area contributed by atoms with Crippen molar-refractivity contribution in [3.05, 3.63) is 0 Å². The molecule has 18 heavy (non-hydrogen) atoms. The topological polar surface area (TPSA) is 41.9 Å². The van der Waals surface area contributed by atoms with Crippen molar-refractivity contribution < 1.29 is 14.6 Å². The Balaban J connectivity index is 1.38. The molecule has 2 unspecified atom stereocenters. The average Bonchev–Trinajstić information content (AvgIpc) is 3.10. The fourth-order valence-electron chi connectivity index (χ4n) is 3.97. The van der Waals surface area contributed by atoms with Crippen molar-refractivity contribution in [3.8, 4) is 0 Å². The first kappa shape index (κ1) is 11.6. The van der Waals surface area contributed by atoms with Gasteiger partial charge in [-0.15, -0.1) is 0 Å². The second kappa shape index (κ2) is 3.92. The molecule has 4 aliphatic rings. The number of rotatable bonds is 2. The molecule has 0 bridgehead atoms. The fraction of sp³-hybridized carbons (Fsp3) is 1.00. The molecular formula is C14H23NO3. The normalized spacial score (nSPS) is 44.2. The molecule has 1 saturated carbocycles. The predicted molar refractivity (Wildman–Crippen MR) is 66.4 cm³/mol. The van der Waals surface area contributed by atoms with Crippen molar-refractivity contribution in [2.75, 3.05) is 32.9 Å². The highest BCUT2D eigenvalue weighted by molar-refractivity contribution is 5.08. The Morgan fingerprint density at radius 2 is 1.94 bits per heavy atom. The van der Waals surface area contributed by atoms with Gasteiger partial charge in [0, 0.05) is 38.8 Å². The number of nitrogens with zero attached hydrogens (tertiary/aromatic N) is 1. The van der Waals surface area contributed by atoms with Gasteiger partial charge in [-0.2, -0.15) is 0 Å².